The van der Waals surface area contributed by atoms with Gasteiger partial charge in [-0.1, -0.05) is 18.2 Å². The Morgan fingerprint density at radius 1 is 1.09 bits per heavy atom. The summed E-state index contributed by atoms with van der Waals surface area (Å²) in [6.07, 6.45) is 2.90. The standard InChI is InChI=1S/C27H33N5O2S/c1-19-18-21(20(2)31(19)13-7-12-30-14-16-34-17-15-30)26-25(22-8-5-6-11-28-22)29-27(35)32(26)23-9-3-4-10-24(23)33/h3-6,8-11,18,25-26,33H,7,12-17H2,1-2H3,(H,29,35)/t25-,26-/m0/s1. The summed E-state index contributed by atoms with van der Waals surface area (Å²) in [6, 6.07) is 15.3. The van der Waals surface area contributed by atoms with E-state index in [0.29, 0.717) is 10.8 Å². The van der Waals surface area contributed by atoms with Crippen LogP contribution in [0.25, 0.3) is 0 Å². The quantitative estimate of drug-likeness (QED) is 0.482. The fourth-order valence-corrected chi connectivity index (χ4v) is 5.69. The number of aryl methyl sites for hydroxylation is 1. The van der Waals surface area contributed by atoms with Crippen molar-refractivity contribution < 1.29 is 9.84 Å². The van der Waals surface area contributed by atoms with Gasteiger partial charge < -0.3 is 24.6 Å². The van der Waals surface area contributed by atoms with Gasteiger partial charge in [0.05, 0.1) is 36.7 Å². The molecular formula is C27H33N5O2S. The van der Waals surface area contributed by atoms with Crippen molar-refractivity contribution in [2.75, 3.05) is 37.7 Å². The molecule has 2 saturated heterocycles. The number of nitrogens with zero attached hydrogens (tertiary/aromatic N) is 4. The van der Waals surface area contributed by atoms with Crippen LogP contribution in [0.2, 0.25) is 0 Å². The van der Waals surface area contributed by atoms with Gasteiger partial charge in [0.1, 0.15) is 5.75 Å². The number of hydrogen-bond donors (Lipinski definition) is 2. The van der Waals surface area contributed by atoms with E-state index in [1.54, 1.807) is 6.07 Å². The molecule has 2 fully saturated rings. The van der Waals surface area contributed by atoms with Crippen LogP contribution in [0.4, 0.5) is 5.69 Å². The second-order valence-corrected chi connectivity index (χ2v) is 9.66. The van der Waals surface area contributed by atoms with Crippen molar-refractivity contribution in [3.8, 4) is 5.75 Å². The molecule has 1 aromatic carbocycles. The minimum absolute atomic E-state index is 0.134. The maximum absolute atomic E-state index is 10.7. The Morgan fingerprint density at radius 3 is 2.60 bits per heavy atom. The van der Waals surface area contributed by atoms with Crippen molar-refractivity contribution in [1.82, 2.24) is 19.8 Å². The third-order valence-corrected chi connectivity index (χ3v) is 7.45. The molecule has 35 heavy (non-hydrogen) atoms. The van der Waals surface area contributed by atoms with Crippen LogP contribution in [-0.2, 0) is 11.3 Å². The van der Waals surface area contributed by atoms with E-state index in [-0.39, 0.29) is 17.8 Å². The lowest BCUT2D eigenvalue weighted by Crippen LogP contribution is -2.37. The van der Waals surface area contributed by atoms with Crippen LogP contribution in [0.5, 0.6) is 5.75 Å². The summed E-state index contributed by atoms with van der Waals surface area (Å²) in [5.41, 5.74) is 5.28. The van der Waals surface area contributed by atoms with Gasteiger partial charge in [0.2, 0.25) is 0 Å². The average molecular weight is 492 g/mol. The van der Waals surface area contributed by atoms with Crippen molar-refractivity contribution in [3.63, 3.8) is 0 Å². The van der Waals surface area contributed by atoms with Crippen molar-refractivity contribution in [2.45, 2.75) is 38.9 Å². The van der Waals surface area contributed by atoms with Crippen LogP contribution in [0.3, 0.4) is 0 Å². The number of hydrogen-bond acceptors (Lipinski definition) is 5. The number of pyridine rings is 1. The average Bonchev–Trinajstić information content (AvgIpc) is 3.36. The number of anilines is 1. The number of rotatable bonds is 7. The van der Waals surface area contributed by atoms with Gasteiger partial charge in [-0.2, -0.15) is 0 Å². The lowest BCUT2D eigenvalue weighted by Gasteiger charge is -2.29. The SMILES string of the molecule is Cc1cc([C@H]2[C@H](c3ccccn3)NC(=S)N2c2ccccc2O)c(C)n1CCCN1CCOCC1. The Hall–Kier alpha value is -2.94. The van der Waals surface area contributed by atoms with Gasteiger partial charge >= 0.3 is 0 Å². The molecule has 0 bridgehead atoms. The molecule has 0 amide bonds. The van der Waals surface area contributed by atoms with Crippen molar-refractivity contribution >= 4 is 23.0 Å². The lowest BCUT2D eigenvalue weighted by atomic mass is 9.96. The highest BCUT2D eigenvalue weighted by Gasteiger charge is 2.42. The maximum atomic E-state index is 10.7. The number of benzene rings is 1. The summed E-state index contributed by atoms with van der Waals surface area (Å²) in [4.78, 5) is 9.17. The second kappa shape index (κ2) is 10.4. The summed E-state index contributed by atoms with van der Waals surface area (Å²) in [7, 11) is 0. The van der Waals surface area contributed by atoms with Crippen molar-refractivity contribution in [2.24, 2.45) is 0 Å². The fraction of sp³-hybridized carbons (Fsp3) is 0.407. The normalized spacial score (nSPS) is 20.9. The number of aromatic hydroxyl groups is 1. The minimum Gasteiger partial charge on any atom is -0.506 e. The van der Waals surface area contributed by atoms with Crippen molar-refractivity contribution in [1.29, 1.82) is 0 Å². The van der Waals surface area contributed by atoms with E-state index < -0.39 is 0 Å². The smallest absolute Gasteiger partial charge is 0.174 e. The highest BCUT2D eigenvalue weighted by molar-refractivity contribution is 7.80. The molecule has 2 aliphatic heterocycles. The van der Waals surface area contributed by atoms with Crippen LogP contribution in [0, 0.1) is 13.8 Å². The molecule has 3 aromatic rings. The monoisotopic (exact) mass is 491 g/mol. The van der Waals surface area contributed by atoms with E-state index in [1.165, 1.54) is 17.0 Å². The molecule has 2 N–H and O–H groups in total. The molecule has 0 saturated carbocycles. The molecule has 0 spiro atoms. The first-order chi connectivity index (χ1) is 17.0. The largest absolute Gasteiger partial charge is 0.506 e. The molecule has 0 unspecified atom stereocenters. The molecule has 184 valence electrons. The van der Waals surface area contributed by atoms with Crippen LogP contribution in [0.1, 0.15) is 41.1 Å². The van der Waals surface area contributed by atoms with Gasteiger partial charge in [0.25, 0.3) is 0 Å². The van der Waals surface area contributed by atoms with Crippen LogP contribution < -0.4 is 10.2 Å². The number of ether oxygens (including phenoxy) is 1. The molecule has 2 aromatic heterocycles. The summed E-state index contributed by atoms with van der Waals surface area (Å²) in [5.74, 6) is 0.211. The molecule has 2 atom stereocenters. The third-order valence-electron chi connectivity index (χ3n) is 7.13. The van der Waals surface area contributed by atoms with Gasteiger partial charge in [0.15, 0.2) is 5.11 Å². The zero-order valence-corrected chi connectivity index (χ0v) is 21.2. The topological polar surface area (TPSA) is 65.8 Å². The van der Waals surface area contributed by atoms with Crippen LogP contribution in [-0.4, -0.2) is 57.5 Å². The molecule has 2 aliphatic rings. The molecule has 0 radical (unpaired) electrons. The maximum Gasteiger partial charge on any atom is 0.174 e. The Bertz CT molecular complexity index is 1180. The molecule has 7 nitrogen and oxygen atoms in total. The summed E-state index contributed by atoms with van der Waals surface area (Å²) < 4.78 is 7.89. The Balaban J connectivity index is 1.48. The van der Waals surface area contributed by atoms with Gasteiger partial charge in [-0.3, -0.25) is 9.88 Å². The molecular weight excluding hydrogens is 458 g/mol. The Morgan fingerprint density at radius 2 is 1.86 bits per heavy atom. The molecule has 4 heterocycles. The van der Waals surface area contributed by atoms with Crippen molar-refractivity contribution in [3.05, 3.63) is 77.4 Å². The van der Waals surface area contributed by atoms with E-state index in [9.17, 15) is 5.11 Å². The zero-order valence-electron chi connectivity index (χ0n) is 20.4. The lowest BCUT2D eigenvalue weighted by molar-refractivity contribution is 0.0369. The zero-order chi connectivity index (χ0) is 24.4. The van der Waals surface area contributed by atoms with E-state index in [2.05, 4.69) is 39.7 Å². The number of thiocarbonyl (C=S) groups is 1. The third kappa shape index (κ3) is 4.78. The van der Waals surface area contributed by atoms with E-state index >= 15 is 0 Å². The van der Waals surface area contributed by atoms with E-state index in [0.717, 1.165) is 51.5 Å². The van der Waals surface area contributed by atoms with E-state index in [1.807, 2.05) is 47.5 Å². The number of para-hydroxylation sites is 2. The molecule has 5 rings (SSSR count). The number of morpholine rings is 1. The summed E-state index contributed by atoms with van der Waals surface area (Å²) in [5, 5.41) is 14.8. The van der Waals surface area contributed by atoms with Crippen LogP contribution >= 0.6 is 12.2 Å². The Kier molecular flexibility index (Phi) is 7.04. The predicted octanol–water partition coefficient (Wildman–Crippen LogP) is 4.10. The van der Waals surface area contributed by atoms with Gasteiger partial charge in [0, 0.05) is 43.8 Å². The number of nitrogens with one attached hydrogen (secondary N) is 1. The highest BCUT2D eigenvalue weighted by Crippen LogP contribution is 2.45. The highest BCUT2D eigenvalue weighted by atomic mass is 32.1. The first kappa shape index (κ1) is 23.8. The van der Waals surface area contributed by atoms with Gasteiger partial charge in [-0.25, -0.2) is 0 Å². The first-order valence-corrected chi connectivity index (χ1v) is 12.7. The Labute approximate surface area is 212 Å². The van der Waals surface area contributed by atoms with Gasteiger partial charge in [-0.15, -0.1) is 0 Å². The molecule has 0 aliphatic carbocycles. The summed E-state index contributed by atoms with van der Waals surface area (Å²) in [6.45, 7) is 10.1. The number of phenols is 1. The number of phenolic OH excluding ortho intramolecular Hbond substituents is 1. The minimum atomic E-state index is -0.134. The van der Waals surface area contributed by atoms with Crippen LogP contribution in [0.15, 0.2) is 54.7 Å². The fourth-order valence-electron chi connectivity index (χ4n) is 5.35. The second-order valence-electron chi connectivity index (χ2n) is 9.27. The summed E-state index contributed by atoms with van der Waals surface area (Å²) >= 11 is 5.81. The van der Waals surface area contributed by atoms with E-state index in [4.69, 9.17) is 17.0 Å². The van der Waals surface area contributed by atoms with Gasteiger partial charge in [-0.05, 0) is 68.4 Å². The number of aromatic nitrogens is 2. The first-order valence-electron chi connectivity index (χ1n) is 12.3. The predicted molar refractivity (Wildman–Crippen MR) is 142 cm³/mol. The molecule has 8 heteroatoms.